The zero-order valence-electron chi connectivity index (χ0n) is 8.09. The van der Waals surface area contributed by atoms with Crippen molar-refractivity contribution in [2.24, 2.45) is 0 Å². The fraction of sp³-hybridized carbons (Fsp3) is 0.667. The zero-order chi connectivity index (χ0) is 9.56. The maximum absolute atomic E-state index is 11.2. The van der Waals surface area contributed by atoms with Crippen LogP contribution < -0.4 is 0 Å². The van der Waals surface area contributed by atoms with Gasteiger partial charge in [0.1, 0.15) is 0 Å². The highest BCUT2D eigenvalue weighted by molar-refractivity contribution is 8.14. The second-order valence-electron chi connectivity index (χ2n) is 2.67. The molecule has 0 aromatic rings. The van der Waals surface area contributed by atoms with Crippen molar-refractivity contribution in [3.8, 4) is 0 Å². The number of hydrogen-bond acceptors (Lipinski definition) is 3. The molecule has 0 amide bonds. The molecule has 0 radical (unpaired) electrons. The van der Waals surface area contributed by atoms with Crippen LogP contribution in [0.2, 0.25) is 0 Å². The molecule has 0 N–H and O–H groups in total. The van der Waals surface area contributed by atoms with E-state index in [0.717, 1.165) is 10.7 Å². The molecule has 12 heavy (non-hydrogen) atoms. The first-order chi connectivity index (χ1) is 5.56. The minimum atomic E-state index is 0.170. The van der Waals surface area contributed by atoms with Gasteiger partial charge >= 0.3 is 0 Å². The summed E-state index contributed by atoms with van der Waals surface area (Å²) in [6.45, 7) is 8.12. The van der Waals surface area contributed by atoms with Gasteiger partial charge in [0, 0.05) is 11.3 Å². The van der Waals surface area contributed by atoms with Gasteiger partial charge in [-0.3, -0.25) is 4.79 Å². The monoisotopic (exact) mass is 204 g/mol. The minimum absolute atomic E-state index is 0.170. The lowest BCUT2D eigenvalue weighted by Crippen LogP contribution is -1.94. The van der Waals surface area contributed by atoms with E-state index in [2.05, 4.69) is 6.92 Å². The maximum Gasteiger partial charge on any atom is 0.213 e. The fourth-order valence-corrected chi connectivity index (χ4v) is 2.13. The maximum atomic E-state index is 11.2. The number of carbonyl (C=O) groups excluding carboxylic acids is 1. The summed E-state index contributed by atoms with van der Waals surface area (Å²) in [5.74, 6) is 1.03. The van der Waals surface area contributed by atoms with Crippen molar-refractivity contribution in [2.45, 2.75) is 32.9 Å². The molecule has 0 fully saturated rings. The topological polar surface area (TPSA) is 17.1 Å². The molecule has 0 aliphatic heterocycles. The second-order valence-corrected chi connectivity index (χ2v) is 5.76. The first-order valence-electron chi connectivity index (χ1n) is 4.08. The summed E-state index contributed by atoms with van der Waals surface area (Å²) in [5, 5.41) is 0.552. The second kappa shape index (κ2) is 6.61. The van der Waals surface area contributed by atoms with Gasteiger partial charge < -0.3 is 0 Å². The Morgan fingerprint density at radius 2 is 2.08 bits per heavy atom. The highest BCUT2D eigenvalue weighted by Gasteiger charge is 2.02. The molecule has 0 rings (SSSR count). The molecular formula is C9H16OS2. The molecule has 0 saturated heterocycles. The van der Waals surface area contributed by atoms with Crippen LogP contribution >= 0.6 is 23.5 Å². The van der Waals surface area contributed by atoms with Crippen LogP contribution in [0.25, 0.3) is 0 Å². The third-order valence-electron chi connectivity index (χ3n) is 1.04. The van der Waals surface area contributed by atoms with Crippen molar-refractivity contribution in [3.05, 3.63) is 11.0 Å². The van der Waals surface area contributed by atoms with Gasteiger partial charge in [-0.15, -0.1) is 11.8 Å². The van der Waals surface area contributed by atoms with Gasteiger partial charge in [-0.25, -0.2) is 0 Å². The zero-order valence-corrected chi connectivity index (χ0v) is 9.72. The molecule has 0 aliphatic carbocycles. The minimum Gasteiger partial charge on any atom is -0.282 e. The SMILES string of the molecule is CCS/C(C)=C/C(=O)SC(C)C. The van der Waals surface area contributed by atoms with E-state index in [-0.39, 0.29) is 5.12 Å². The van der Waals surface area contributed by atoms with Gasteiger partial charge in [0.05, 0.1) is 0 Å². The van der Waals surface area contributed by atoms with Crippen LogP contribution in [0.5, 0.6) is 0 Å². The van der Waals surface area contributed by atoms with Gasteiger partial charge in [-0.1, -0.05) is 32.5 Å². The average Bonchev–Trinajstić information content (AvgIpc) is 1.84. The summed E-state index contributed by atoms with van der Waals surface area (Å²) in [6, 6.07) is 0. The van der Waals surface area contributed by atoms with Crippen LogP contribution in [0.3, 0.4) is 0 Å². The summed E-state index contributed by atoms with van der Waals surface area (Å²) in [4.78, 5) is 12.3. The third kappa shape index (κ3) is 6.80. The quantitative estimate of drug-likeness (QED) is 0.654. The van der Waals surface area contributed by atoms with E-state index in [0.29, 0.717) is 5.25 Å². The van der Waals surface area contributed by atoms with Crippen molar-refractivity contribution < 1.29 is 4.79 Å². The molecule has 0 aromatic heterocycles. The summed E-state index contributed by atoms with van der Waals surface area (Å²) in [6.07, 6.45) is 1.72. The Labute approximate surface area is 83.4 Å². The smallest absolute Gasteiger partial charge is 0.213 e. The first-order valence-corrected chi connectivity index (χ1v) is 5.94. The lowest BCUT2D eigenvalue weighted by atomic mass is 10.5. The molecule has 3 heteroatoms. The van der Waals surface area contributed by atoms with E-state index in [1.807, 2.05) is 20.8 Å². The Balaban J connectivity index is 3.88. The van der Waals surface area contributed by atoms with Crippen molar-refractivity contribution >= 4 is 28.6 Å². The van der Waals surface area contributed by atoms with E-state index in [1.165, 1.54) is 11.8 Å². The fourth-order valence-electron chi connectivity index (χ4n) is 0.702. The molecule has 0 bridgehead atoms. The summed E-state index contributed by atoms with van der Waals surface area (Å²) >= 11 is 3.09. The average molecular weight is 204 g/mol. The van der Waals surface area contributed by atoms with Crippen molar-refractivity contribution in [1.29, 1.82) is 0 Å². The predicted octanol–water partition coefficient (Wildman–Crippen LogP) is 3.31. The molecule has 0 atom stereocenters. The van der Waals surface area contributed by atoms with Crippen LogP contribution in [-0.2, 0) is 4.79 Å². The van der Waals surface area contributed by atoms with E-state index in [4.69, 9.17) is 0 Å². The number of allylic oxidation sites excluding steroid dienone is 1. The Bertz CT molecular complexity index is 173. The van der Waals surface area contributed by atoms with Crippen molar-refractivity contribution in [1.82, 2.24) is 0 Å². The Kier molecular flexibility index (Phi) is 6.67. The summed E-state index contributed by atoms with van der Waals surface area (Å²) in [5.41, 5.74) is 0. The molecule has 0 aromatic carbocycles. The summed E-state index contributed by atoms with van der Waals surface area (Å²) < 4.78 is 0. The Morgan fingerprint density at radius 1 is 1.50 bits per heavy atom. The molecular weight excluding hydrogens is 188 g/mol. The number of hydrogen-bond donors (Lipinski definition) is 0. The molecule has 0 saturated carbocycles. The Morgan fingerprint density at radius 3 is 2.50 bits per heavy atom. The standard InChI is InChI=1S/C9H16OS2/c1-5-11-8(4)6-9(10)12-7(2)3/h6-7H,5H2,1-4H3/b8-6+. The summed E-state index contributed by atoms with van der Waals surface area (Å²) in [7, 11) is 0. The van der Waals surface area contributed by atoms with Gasteiger partial charge in [0.15, 0.2) is 0 Å². The molecule has 0 unspecified atom stereocenters. The van der Waals surface area contributed by atoms with Gasteiger partial charge in [0.25, 0.3) is 0 Å². The van der Waals surface area contributed by atoms with Crippen LogP contribution in [-0.4, -0.2) is 16.1 Å². The van der Waals surface area contributed by atoms with Crippen LogP contribution in [0, 0.1) is 0 Å². The molecule has 70 valence electrons. The lowest BCUT2D eigenvalue weighted by Gasteiger charge is -2.00. The molecule has 0 spiro atoms. The molecule has 0 heterocycles. The highest BCUT2D eigenvalue weighted by atomic mass is 32.2. The normalized spacial score (nSPS) is 12.2. The van der Waals surface area contributed by atoms with Crippen LogP contribution in [0.15, 0.2) is 11.0 Å². The lowest BCUT2D eigenvalue weighted by molar-refractivity contribution is -0.107. The molecule has 1 nitrogen and oxygen atoms in total. The van der Waals surface area contributed by atoms with Gasteiger partial charge in [-0.2, -0.15) is 0 Å². The highest BCUT2D eigenvalue weighted by Crippen LogP contribution is 2.17. The van der Waals surface area contributed by atoms with Crippen LogP contribution in [0.4, 0.5) is 0 Å². The third-order valence-corrected chi connectivity index (χ3v) is 2.73. The number of carbonyl (C=O) groups is 1. The van der Waals surface area contributed by atoms with Gasteiger partial charge in [0.2, 0.25) is 5.12 Å². The van der Waals surface area contributed by atoms with E-state index >= 15 is 0 Å². The van der Waals surface area contributed by atoms with Crippen LogP contribution in [0.1, 0.15) is 27.7 Å². The number of rotatable bonds is 4. The number of thioether (sulfide) groups is 2. The van der Waals surface area contributed by atoms with Crippen molar-refractivity contribution in [2.75, 3.05) is 5.75 Å². The largest absolute Gasteiger partial charge is 0.282 e. The van der Waals surface area contributed by atoms with E-state index in [1.54, 1.807) is 17.8 Å². The van der Waals surface area contributed by atoms with E-state index < -0.39 is 0 Å². The Hall–Kier alpha value is 0.110. The van der Waals surface area contributed by atoms with Gasteiger partial charge in [-0.05, 0) is 17.6 Å². The first kappa shape index (κ1) is 12.1. The predicted molar refractivity (Wildman–Crippen MR) is 59.6 cm³/mol. The van der Waals surface area contributed by atoms with Crippen molar-refractivity contribution in [3.63, 3.8) is 0 Å². The molecule has 0 aliphatic rings. The van der Waals surface area contributed by atoms with E-state index in [9.17, 15) is 4.79 Å².